The molecule has 1 aliphatic heterocycles. The zero-order chi connectivity index (χ0) is 9.97. The number of anilines is 1. The molecule has 0 atom stereocenters. The molecule has 1 aliphatic rings. The number of hydrogen-bond donors (Lipinski definition) is 1. The SMILES string of the molecule is O=C1CNCCN1c1cccc(Br)c1. The third kappa shape index (κ3) is 1.96. The normalized spacial score (nSPS) is 17.2. The molecule has 0 unspecified atom stereocenters. The molecule has 1 fully saturated rings. The summed E-state index contributed by atoms with van der Waals surface area (Å²) in [7, 11) is 0. The van der Waals surface area contributed by atoms with Crippen LogP contribution in [0.2, 0.25) is 0 Å². The van der Waals surface area contributed by atoms with Crippen LogP contribution in [0.5, 0.6) is 0 Å². The maximum Gasteiger partial charge on any atom is 0.240 e. The number of amides is 1. The van der Waals surface area contributed by atoms with Crippen LogP contribution in [-0.4, -0.2) is 25.5 Å². The van der Waals surface area contributed by atoms with Crippen LogP contribution in [0.15, 0.2) is 28.7 Å². The van der Waals surface area contributed by atoms with Gasteiger partial charge in [0.15, 0.2) is 0 Å². The minimum atomic E-state index is 0.134. The lowest BCUT2D eigenvalue weighted by Crippen LogP contribution is -2.48. The van der Waals surface area contributed by atoms with E-state index < -0.39 is 0 Å². The molecule has 0 spiro atoms. The predicted molar refractivity (Wildman–Crippen MR) is 59.4 cm³/mol. The van der Waals surface area contributed by atoms with Crippen LogP contribution in [-0.2, 0) is 4.79 Å². The van der Waals surface area contributed by atoms with Gasteiger partial charge in [-0.3, -0.25) is 4.79 Å². The second-order valence-electron chi connectivity index (χ2n) is 3.20. The fraction of sp³-hybridized carbons (Fsp3) is 0.300. The molecule has 1 aromatic rings. The minimum absolute atomic E-state index is 0.134. The molecule has 0 aliphatic carbocycles. The largest absolute Gasteiger partial charge is 0.310 e. The predicted octanol–water partition coefficient (Wildman–Crippen LogP) is 1.39. The quantitative estimate of drug-likeness (QED) is 0.822. The molecule has 3 nitrogen and oxygen atoms in total. The van der Waals surface area contributed by atoms with Gasteiger partial charge in [0.2, 0.25) is 5.91 Å². The highest BCUT2D eigenvalue weighted by molar-refractivity contribution is 9.10. The third-order valence-electron chi connectivity index (χ3n) is 2.21. The van der Waals surface area contributed by atoms with Crippen LogP contribution in [0.1, 0.15) is 0 Å². The number of nitrogens with zero attached hydrogens (tertiary/aromatic N) is 1. The maximum absolute atomic E-state index is 11.6. The van der Waals surface area contributed by atoms with Crippen LogP contribution in [0.3, 0.4) is 0 Å². The molecule has 0 bridgehead atoms. The van der Waals surface area contributed by atoms with Crippen molar-refractivity contribution in [2.24, 2.45) is 0 Å². The van der Waals surface area contributed by atoms with Gasteiger partial charge >= 0.3 is 0 Å². The van der Waals surface area contributed by atoms with E-state index in [2.05, 4.69) is 21.2 Å². The van der Waals surface area contributed by atoms with E-state index >= 15 is 0 Å². The summed E-state index contributed by atoms with van der Waals surface area (Å²) in [5.41, 5.74) is 0.964. The molecule has 1 aromatic carbocycles. The number of nitrogens with one attached hydrogen (secondary N) is 1. The Balaban J connectivity index is 2.24. The van der Waals surface area contributed by atoms with Gasteiger partial charge in [-0.2, -0.15) is 0 Å². The van der Waals surface area contributed by atoms with Crippen molar-refractivity contribution in [1.82, 2.24) is 5.32 Å². The fourth-order valence-electron chi connectivity index (χ4n) is 1.52. The first-order chi connectivity index (χ1) is 6.77. The Labute approximate surface area is 91.2 Å². The standard InChI is InChI=1S/C10H11BrN2O/c11-8-2-1-3-9(6-8)13-5-4-12-7-10(13)14/h1-3,6,12H,4-5,7H2. The zero-order valence-corrected chi connectivity index (χ0v) is 9.25. The van der Waals surface area contributed by atoms with Crippen LogP contribution in [0.25, 0.3) is 0 Å². The molecule has 4 heteroatoms. The van der Waals surface area contributed by atoms with Crippen LogP contribution < -0.4 is 10.2 Å². The lowest BCUT2D eigenvalue weighted by atomic mass is 10.2. The number of rotatable bonds is 1. The molecular formula is C10H11BrN2O. The Morgan fingerprint density at radius 3 is 3.00 bits per heavy atom. The summed E-state index contributed by atoms with van der Waals surface area (Å²) in [5, 5.41) is 3.05. The van der Waals surface area contributed by atoms with Gasteiger partial charge in [0, 0.05) is 23.2 Å². The van der Waals surface area contributed by atoms with Crippen molar-refractivity contribution in [1.29, 1.82) is 0 Å². The Bertz CT molecular complexity index is 354. The van der Waals surface area contributed by atoms with Crippen LogP contribution in [0.4, 0.5) is 5.69 Å². The molecule has 0 radical (unpaired) electrons. The number of carbonyl (C=O) groups excluding carboxylic acids is 1. The number of carbonyl (C=O) groups is 1. The van der Waals surface area contributed by atoms with Gasteiger partial charge < -0.3 is 10.2 Å². The van der Waals surface area contributed by atoms with Gasteiger partial charge in [-0.1, -0.05) is 22.0 Å². The molecule has 74 valence electrons. The first-order valence-electron chi connectivity index (χ1n) is 4.54. The zero-order valence-electron chi connectivity index (χ0n) is 7.66. The molecule has 0 saturated carbocycles. The van der Waals surface area contributed by atoms with E-state index in [0.717, 1.165) is 23.2 Å². The summed E-state index contributed by atoms with van der Waals surface area (Å²) in [5.74, 6) is 0.134. The van der Waals surface area contributed by atoms with E-state index in [9.17, 15) is 4.79 Å². The highest BCUT2D eigenvalue weighted by atomic mass is 79.9. The summed E-state index contributed by atoms with van der Waals surface area (Å²) in [6.45, 7) is 2.04. The average Bonchev–Trinajstić information content (AvgIpc) is 2.18. The van der Waals surface area contributed by atoms with E-state index in [-0.39, 0.29) is 5.91 Å². The molecule has 1 heterocycles. The summed E-state index contributed by atoms with van der Waals surface area (Å²) in [6, 6.07) is 7.81. The van der Waals surface area contributed by atoms with E-state index in [1.165, 1.54) is 0 Å². The third-order valence-corrected chi connectivity index (χ3v) is 2.70. The summed E-state index contributed by atoms with van der Waals surface area (Å²) in [4.78, 5) is 13.4. The molecule has 0 aromatic heterocycles. The lowest BCUT2D eigenvalue weighted by Gasteiger charge is -2.27. The van der Waals surface area contributed by atoms with Crippen LogP contribution >= 0.6 is 15.9 Å². The van der Waals surface area contributed by atoms with E-state index in [1.807, 2.05) is 24.3 Å². The monoisotopic (exact) mass is 254 g/mol. The number of piperazine rings is 1. The van der Waals surface area contributed by atoms with Crippen molar-refractivity contribution < 1.29 is 4.79 Å². The Kier molecular flexibility index (Phi) is 2.84. The molecule has 1 saturated heterocycles. The Morgan fingerprint density at radius 1 is 1.43 bits per heavy atom. The van der Waals surface area contributed by atoms with Gasteiger partial charge in [0.25, 0.3) is 0 Å². The van der Waals surface area contributed by atoms with E-state index in [4.69, 9.17) is 0 Å². The fourth-order valence-corrected chi connectivity index (χ4v) is 1.91. The molecular weight excluding hydrogens is 244 g/mol. The highest BCUT2D eigenvalue weighted by Crippen LogP contribution is 2.20. The van der Waals surface area contributed by atoms with Gasteiger partial charge in [0.1, 0.15) is 0 Å². The van der Waals surface area contributed by atoms with Crippen molar-refractivity contribution in [2.75, 3.05) is 24.5 Å². The van der Waals surface area contributed by atoms with Crippen molar-refractivity contribution in [2.45, 2.75) is 0 Å². The number of benzene rings is 1. The molecule has 2 rings (SSSR count). The second-order valence-corrected chi connectivity index (χ2v) is 4.12. The number of halogens is 1. The lowest BCUT2D eigenvalue weighted by molar-refractivity contribution is -0.118. The van der Waals surface area contributed by atoms with Crippen molar-refractivity contribution in [3.8, 4) is 0 Å². The minimum Gasteiger partial charge on any atom is -0.310 e. The van der Waals surface area contributed by atoms with Gasteiger partial charge in [-0.05, 0) is 18.2 Å². The molecule has 1 amide bonds. The maximum atomic E-state index is 11.6. The van der Waals surface area contributed by atoms with Crippen molar-refractivity contribution in [3.05, 3.63) is 28.7 Å². The smallest absolute Gasteiger partial charge is 0.240 e. The van der Waals surface area contributed by atoms with Crippen LogP contribution in [0, 0.1) is 0 Å². The van der Waals surface area contributed by atoms with E-state index in [0.29, 0.717) is 6.54 Å². The van der Waals surface area contributed by atoms with Crippen molar-refractivity contribution in [3.63, 3.8) is 0 Å². The van der Waals surface area contributed by atoms with Gasteiger partial charge in [-0.25, -0.2) is 0 Å². The van der Waals surface area contributed by atoms with Crippen molar-refractivity contribution >= 4 is 27.5 Å². The summed E-state index contributed by atoms with van der Waals surface area (Å²) < 4.78 is 1.00. The Hall–Kier alpha value is -0.870. The van der Waals surface area contributed by atoms with Gasteiger partial charge in [-0.15, -0.1) is 0 Å². The first kappa shape index (κ1) is 9.68. The first-order valence-corrected chi connectivity index (χ1v) is 5.33. The molecule has 14 heavy (non-hydrogen) atoms. The highest BCUT2D eigenvalue weighted by Gasteiger charge is 2.18. The second kappa shape index (κ2) is 4.11. The number of hydrogen-bond acceptors (Lipinski definition) is 2. The summed E-state index contributed by atoms with van der Waals surface area (Å²) in [6.07, 6.45) is 0. The Morgan fingerprint density at radius 2 is 2.29 bits per heavy atom. The van der Waals surface area contributed by atoms with Gasteiger partial charge in [0.05, 0.1) is 6.54 Å². The summed E-state index contributed by atoms with van der Waals surface area (Å²) >= 11 is 3.40. The topological polar surface area (TPSA) is 32.3 Å². The molecule has 1 N–H and O–H groups in total. The average molecular weight is 255 g/mol. The van der Waals surface area contributed by atoms with E-state index in [1.54, 1.807) is 4.90 Å².